The Morgan fingerprint density at radius 3 is 2.67 bits per heavy atom. The molecule has 3 fully saturated rings. The van der Waals surface area contributed by atoms with Crippen LogP contribution in [0.15, 0.2) is 4.99 Å². The summed E-state index contributed by atoms with van der Waals surface area (Å²) in [7, 11) is 1.77. The Balaban J connectivity index is 1.38. The summed E-state index contributed by atoms with van der Waals surface area (Å²) in [5, 5.41) is 4.49. The van der Waals surface area contributed by atoms with Crippen molar-refractivity contribution in [2.24, 2.45) is 16.8 Å². The van der Waals surface area contributed by atoms with Crippen molar-refractivity contribution in [2.75, 3.05) is 7.11 Å². The lowest BCUT2D eigenvalue weighted by Gasteiger charge is -2.33. The van der Waals surface area contributed by atoms with Crippen LogP contribution in [0.3, 0.4) is 0 Å². The minimum absolute atomic E-state index is 0.0905. The van der Waals surface area contributed by atoms with Gasteiger partial charge in [-0.3, -0.25) is 4.79 Å². The number of amidine groups is 1. The minimum Gasteiger partial charge on any atom is -0.381 e. The third-order valence-electron chi connectivity index (χ3n) is 6.01. The summed E-state index contributed by atoms with van der Waals surface area (Å²) < 4.78 is 5.14. The van der Waals surface area contributed by atoms with Gasteiger partial charge in [0.25, 0.3) is 5.91 Å². The maximum atomic E-state index is 12.4. The first-order valence-electron chi connectivity index (χ1n) is 8.30. The highest BCUT2D eigenvalue weighted by atomic mass is 32.2. The summed E-state index contributed by atoms with van der Waals surface area (Å²) in [6, 6.07) is 0.563. The number of nitrogens with one attached hydrogen (secondary N) is 1. The normalized spacial score (nSPS) is 45.4. The number of ether oxygens (including phenoxy) is 1. The van der Waals surface area contributed by atoms with Gasteiger partial charge in [0.1, 0.15) is 4.75 Å². The zero-order valence-electron chi connectivity index (χ0n) is 12.6. The van der Waals surface area contributed by atoms with Crippen molar-refractivity contribution in [2.45, 2.75) is 68.3 Å². The number of methoxy groups -OCH3 is 1. The van der Waals surface area contributed by atoms with Gasteiger partial charge in [-0.05, 0) is 56.8 Å². The second-order valence-corrected chi connectivity index (χ2v) is 8.55. The van der Waals surface area contributed by atoms with E-state index >= 15 is 0 Å². The number of carbonyl (C=O) groups excluding carboxylic acids is 1. The Morgan fingerprint density at radius 1 is 1.24 bits per heavy atom. The number of nitrogens with zero attached hydrogens (tertiary/aromatic N) is 1. The van der Waals surface area contributed by atoms with Gasteiger partial charge in [-0.2, -0.15) is 4.99 Å². The number of fused-ring (bicyclic) bond motifs is 2. The molecule has 0 aromatic heterocycles. The number of carbonyl (C=O) groups is 1. The Bertz CT molecular complexity index is 471. The number of thioether (sulfide) groups is 1. The maximum Gasteiger partial charge on any atom is 0.264 e. The molecule has 1 heterocycles. The van der Waals surface area contributed by atoms with Crippen LogP contribution < -0.4 is 5.32 Å². The molecular formula is C16H24N2O2S. The first-order valence-corrected chi connectivity index (χ1v) is 9.12. The summed E-state index contributed by atoms with van der Waals surface area (Å²) >= 11 is 1.70. The molecule has 0 unspecified atom stereocenters. The molecule has 116 valence electrons. The summed E-state index contributed by atoms with van der Waals surface area (Å²) in [5.74, 6) is 1.82. The van der Waals surface area contributed by atoms with E-state index in [0.29, 0.717) is 12.1 Å². The van der Waals surface area contributed by atoms with E-state index in [9.17, 15) is 4.79 Å². The molecule has 3 aliphatic carbocycles. The van der Waals surface area contributed by atoms with Crippen molar-refractivity contribution in [1.29, 1.82) is 0 Å². The van der Waals surface area contributed by atoms with Crippen LogP contribution in [0.25, 0.3) is 0 Å². The molecule has 4 rings (SSSR count). The van der Waals surface area contributed by atoms with E-state index in [1.54, 1.807) is 18.9 Å². The highest BCUT2D eigenvalue weighted by molar-refractivity contribution is 8.16. The molecule has 0 saturated heterocycles. The van der Waals surface area contributed by atoms with E-state index < -0.39 is 0 Å². The van der Waals surface area contributed by atoms with Crippen LogP contribution >= 0.6 is 11.8 Å². The van der Waals surface area contributed by atoms with Crippen LogP contribution in [0.4, 0.5) is 0 Å². The van der Waals surface area contributed by atoms with Gasteiger partial charge in [-0.15, -0.1) is 0 Å². The lowest BCUT2D eigenvalue weighted by atomic mass is 9.86. The molecule has 1 aliphatic heterocycles. The van der Waals surface area contributed by atoms with Crippen molar-refractivity contribution < 1.29 is 9.53 Å². The highest BCUT2D eigenvalue weighted by Crippen LogP contribution is 2.48. The maximum absolute atomic E-state index is 12.4. The van der Waals surface area contributed by atoms with Crippen LogP contribution in [0.1, 0.15) is 51.4 Å². The molecule has 4 aliphatic rings. The molecule has 2 bridgehead atoms. The van der Waals surface area contributed by atoms with Gasteiger partial charge < -0.3 is 10.1 Å². The van der Waals surface area contributed by atoms with Crippen molar-refractivity contribution in [3.8, 4) is 0 Å². The molecule has 21 heavy (non-hydrogen) atoms. The molecular weight excluding hydrogens is 284 g/mol. The summed E-state index contributed by atoms with van der Waals surface area (Å²) in [4.78, 5) is 16.8. The quantitative estimate of drug-likeness (QED) is 0.852. The van der Waals surface area contributed by atoms with Gasteiger partial charge in [0.15, 0.2) is 5.17 Å². The molecule has 1 N–H and O–H groups in total. The molecule has 3 atom stereocenters. The first-order chi connectivity index (χ1) is 10.2. The number of amides is 1. The van der Waals surface area contributed by atoms with Crippen molar-refractivity contribution in [1.82, 2.24) is 5.32 Å². The standard InChI is InChI=1S/C16H24N2O2S/c1-20-12-4-6-16(7-5-12)14(19)18-15(21-16)17-13-9-10-2-3-11(13)8-10/h10-13H,2-9H2,1H3,(H,17,18,19)/t10-,11+,12?,13+,16?/m1/s1. The van der Waals surface area contributed by atoms with E-state index in [2.05, 4.69) is 10.3 Å². The van der Waals surface area contributed by atoms with Crippen molar-refractivity contribution >= 4 is 22.8 Å². The zero-order chi connectivity index (χ0) is 14.4. The second kappa shape index (κ2) is 5.27. The van der Waals surface area contributed by atoms with Gasteiger partial charge >= 0.3 is 0 Å². The lowest BCUT2D eigenvalue weighted by molar-refractivity contribution is -0.121. The number of aliphatic imine (C=N–C) groups is 1. The molecule has 0 radical (unpaired) electrons. The van der Waals surface area contributed by atoms with E-state index in [1.165, 1.54) is 25.7 Å². The number of rotatable bonds is 2. The molecule has 0 aromatic carbocycles. The molecule has 1 amide bonds. The highest BCUT2D eigenvalue weighted by Gasteiger charge is 2.49. The second-order valence-electron chi connectivity index (χ2n) is 7.18. The van der Waals surface area contributed by atoms with E-state index in [1.807, 2.05) is 0 Å². The average Bonchev–Trinajstić information content (AvgIpc) is 3.16. The SMILES string of the molecule is COC1CCC2(CC1)SC(N[C@H]1C[C@@H]3CC[C@H]1C3)=NC2=O. The third-order valence-corrected chi connectivity index (χ3v) is 7.38. The fraction of sp³-hybridized carbons (Fsp3) is 0.875. The Labute approximate surface area is 130 Å². The number of hydrogen-bond donors (Lipinski definition) is 1. The topological polar surface area (TPSA) is 50.7 Å². The van der Waals surface area contributed by atoms with Gasteiger partial charge in [0.05, 0.1) is 6.10 Å². The predicted octanol–water partition coefficient (Wildman–Crippen LogP) is 2.72. The van der Waals surface area contributed by atoms with E-state index in [4.69, 9.17) is 4.74 Å². The van der Waals surface area contributed by atoms with Crippen LogP contribution in [-0.4, -0.2) is 35.1 Å². The Kier molecular flexibility index (Phi) is 3.53. The van der Waals surface area contributed by atoms with E-state index in [0.717, 1.165) is 42.7 Å². The number of hydrogen-bond acceptors (Lipinski definition) is 4. The van der Waals surface area contributed by atoms with Crippen LogP contribution in [0.2, 0.25) is 0 Å². The van der Waals surface area contributed by atoms with Crippen molar-refractivity contribution in [3.63, 3.8) is 0 Å². The molecule has 5 heteroatoms. The van der Waals surface area contributed by atoms with Gasteiger partial charge in [0.2, 0.25) is 0 Å². The average molecular weight is 308 g/mol. The van der Waals surface area contributed by atoms with Gasteiger partial charge in [-0.1, -0.05) is 18.2 Å². The van der Waals surface area contributed by atoms with E-state index in [-0.39, 0.29) is 10.7 Å². The summed E-state index contributed by atoms with van der Waals surface area (Å²) in [6.07, 6.45) is 9.51. The first kappa shape index (κ1) is 14.1. The monoisotopic (exact) mass is 308 g/mol. The van der Waals surface area contributed by atoms with Gasteiger partial charge in [0, 0.05) is 13.2 Å². The zero-order valence-corrected chi connectivity index (χ0v) is 13.5. The third kappa shape index (κ3) is 2.42. The fourth-order valence-electron chi connectivity index (χ4n) is 4.70. The molecule has 1 spiro atoms. The Hall–Kier alpha value is -0.550. The molecule has 4 nitrogen and oxygen atoms in total. The fourth-order valence-corrected chi connectivity index (χ4v) is 5.98. The molecule has 0 aromatic rings. The predicted molar refractivity (Wildman–Crippen MR) is 84.4 cm³/mol. The summed E-state index contributed by atoms with van der Waals surface area (Å²) in [5.41, 5.74) is 0. The molecule has 3 saturated carbocycles. The smallest absolute Gasteiger partial charge is 0.264 e. The lowest BCUT2D eigenvalue weighted by Crippen LogP contribution is -2.40. The van der Waals surface area contributed by atoms with Crippen LogP contribution in [-0.2, 0) is 9.53 Å². The largest absolute Gasteiger partial charge is 0.381 e. The Morgan fingerprint density at radius 2 is 2.05 bits per heavy atom. The minimum atomic E-state index is -0.283. The van der Waals surface area contributed by atoms with Gasteiger partial charge in [-0.25, -0.2) is 0 Å². The van der Waals surface area contributed by atoms with Crippen LogP contribution in [0.5, 0.6) is 0 Å². The van der Waals surface area contributed by atoms with Crippen molar-refractivity contribution in [3.05, 3.63) is 0 Å². The van der Waals surface area contributed by atoms with Crippen LogP contribution in [0, 0.1) is 11.8 Å². The summed E-state index contributed by atoms with van der Waals surface area (Å²) in [6.45, 7) is 0.